The molecule has 12 heteroatoms. The minimum absolute atomic E-state index is 0.000900. The highest BCUT2D eigenvalue weighted by atomic mass is 16.6. The van der Waals surface area contributed by atoms with E-state index in [4.69, 9.17) is 18.9 Å². The second kappa shape index (κ2) is 5.45. The van der Waals surface area contributed by atoms with Gasteiger partial charge >= 0.3 is 24.0 Å². The van der Waals surface area contributed by atoms with Gasteiger partial charge in [-0.1, -0.05) is 0 Å². The van der Waals surface area contributed by atoms with Crippen LogP contribution in [0, 0.1) is 0 Å². The van der Waals surface area contributed by atoms with Crippen LogP contribution in [0.3, 0.4) is 0 Å². The first-order chi connectivity index (χ1) is 12.5. The first-order valence-electron chi connectivity index (χ1n) is 8.17. The highest BCUT2D eigenvalue weighted by Crippen LogP contribution is 2.55. The van der Waals surface area contributed by atoms with Crippen LogP contribution in [0.4, 0.5) is 9.59 Å². The van der Waals surface area contributed by atoms with E-state index in [1.807, 2.05) is 0 Å². The molecule has 4 heterocycles. The van der Waals surface area contributed by atoms with Gasteiger partial charge in [-0.2, -0.15) is 0 Å². The minimum atomic E-state index is -2.04. The van der Waals surface area contributed by atoms with E-state index in [2.05, 4.69) is 0 Å². The van der Waals surface area contributed by atoms with Crippen LogP contribution in [-0.4, -0.2) is 95.1 Å². The average molecular weight is 370 g/mol. The first kappa shape index (κ1) is 16.8. The highest BCUT2D eigenvalue weighted by molar-refractivity contribution is 6.09. The van der Waals surface area contributed by atoms with Gasteiger partial charge in [0.2, 0.25) is 0 Å². The Morgan fingerprint density at radius 2 is 1.12 bits per heavy atom. The fourth-order valence-electron chi connectivity index (χ4n) is 4.12. The summed E-state index contributed by atoms with van der Waals surface area (Å²) in [6.07, 6.45) is 0. The maximum Gasteiger partial charge on any atom is 0.359 e. The topological polar surface area (TPSA) is 118 Å². The van der Waals surface area contributed by atoms with Crippen LogP contribution in [-0.2, 0) is 28.5 Å². The molecule has 4 aliphatic rings. The number of amides is 4. The molecule has 0 saturated carbocycles. The van der Waals surface area contributed by atoms with E-state index >= 15 is 0 Å². The molecule has 26 heavy (non-hydrogen) atoms. The van der Waals surface area contributed by atoms with E-state index in [0.29, 0.717) is 0 Å². The normalized spacial score (nSPS) is 32.1. The second-order valence-electron chi connectivity index (χ2n) is 5.99. The Morgan fingerprint density at radius 1 is 0.808 bits per heavy atom. The van der Waals surface area contributed by atoms with Gasteiger partial charge in [0.25, 0.3) is 11.3 Å². The van der Waals surface area contributed by atoms with Crippen LogP contribution in [0.2, 0.25) is 0 Å². The smallest absolute Gasteiger partial charge is 0.359 e. The third kappa shape index (κ3) is 1.53. The number of rotatable bonds is 4. The Hall–Kier alpha value is -2.60. The van der Waals surface area contributed by atoms with Crippen LogP contribution in [0.5, 0.6) is 0 Å². The van der Waals surface area contributed by atoms with E-state index in [1.54, 1.807) is 13.8 Å². The number of urea groups is 2. The van der Waals surface area contributed by atoms with Gasteiger partial charge in [0.15, 0.2) is 0 Å². The molecule has 4 fully saturated rings. The molecule has 0 aliphatic carbocycles. The summed E-state index contributed by atoms with van der Waals surface area (Å²) in [6.45, 7) is 2.05. The van der Waals surface area contributed by atoms with Gasteiger partial charge < -0.3 is 18.9 Å². The van der Waals surface area contributed by atoms with Crippen molar-refractivity contribution in [1.29, 1.82) is 0 Å². The molecule has 0 radical (unpaired) electrons. The van der Waals surface area contributed by atoms with Gasteiger partial charge in [0, 0.05) is 0 Å². The Bertz CT molecular complexity index is 610. The molecule has 0 N–H and O–H groups in total. The lowest BCUT2D eigenvalue weighted by Crippen LogP contribution is -2.78. The number of nitrogens with zero attached hydrogens (tertiary/aromatic N) is 4. The maximum atomic E-state index is 13.1. The molecule has 4 aliphatic heterocycles. The van der Waals surface area contributed by atoms with Crippen molar-refractivity contribution in [1.82, 2.24) is 19.6 Å². The number of hydrogen-bond donors (Lipinski definition) is 0. The SMILES string of the molecule is CCOC(=O)C12N3COCN1C(=O)N1COCN(C3=O)C12C(=O)OCC. The van der Waals surface area contributed by atoms with Crippen LogP contribution in [0.15, 0.2) is 0 Å². The summed E-state index contributed by atoms with van der Waals surface area (Å²) in [5.74, 6) is -1.80. The predicted octanol–water partition coefficient (Wildman–Crippen LogP) is -1.13. The Kier molecular flexibility index (Phi) is 3.53. The summed E-state index contributed by atoms with van der Waals surface area (Å²) in [5.41, 5.74) is -4.07. The molecule has 0 unspecified atom stereocenters. The Morgan fingerprint density at radius 3 is 1.38 bits per heavy atom. The molecule has 0 atom stereocenters. The molecular formula is C14H18N4O8. The molecule has 0 bridgehead atoms. The van der Waals surface area contributed by atoms with E-state index in [9.17, 15) is 19.2 Å². The second-order valence-corrected chi connectivity index (χ2v) is 5.99. The largest absolute Gasteiger partial charge is 0.463 e. The van der Waals surface area contributed by atoms with Gasteiger partial charge in [0.1, 0.15) is 26.9 Å². The van der Waals surface area contributed by atoms with E-state index in [1.165, 1.54) is 0 Å². The number of carbonyl (C=O) groups is 4. The zero-order valence-corrected chi connectivity index (χ0v) is 14.3. The van der Waals surface area contributed by atoms with Crippen LogP contribution in [0.25, 0.3) is 0 Å². The molecular weight excluding hydrogens is 352 g/mol. The summed E-state index contributed by atoms with van der Waals surface area (Å²) in [6, 6.07) is -1.37. The van der Waals surface area contributed by atoms with Crippen molar-refractivity contribution in [3.8, 4) is 0 Å². The fraction of sp³-hybridized carbons (Fsp3) is 0.714. The molecule has 142 valence electrons. The van der Waals surface area contributed by atoms with Crippen molar-refractivity contribution in [2.75, 3.05) is 40.1 Å². The summed E-state index contributed by atoms with van der Waals surface area (Å²) in [7, 11) is 0. The van der Waals surface area contributed by atoms with Crippen molar-refractivity contribution >= 4 is 24.0 Å². The molecule has 12 nitrogen and oxygen atoms in total. The van der Waals surface area contributed by atoms with E-state index < -0.39 is 35.3 Å². The lowest BCUT2D eigenvalue weighted by molar-refractivity contribution is -0.227. The van der Waals surface area contributed by atoms with Crippen molar-refractivity contribution in [2.45, 2.75) is 25.2 Å². The lowest BCUT2D eigenvalue weighted by Gasteiger charge is -2.47. The van der Waals surface area contributed by atoms with Crippen LogP contribution >= 0.6 is 0 Å². The van der Waals surface area contributed by atoms with Gasteiger partial charge in [-0.3, -0.25) is 19.6 Å². The number of hydrogen-bond acceptors (Lipinski definition) is 8. The van der Waals surface area contributed by atoms with Crippen molar-refractivity contribution in [3.05, 3.63) is 0 Å². The summed E-state index contributed by atoms with van der Waals surface area (Å²) >= 11 is 0. The maximum absolute atomic E-state index is 13.1. The standard InChI is InChI=1S/C14H18N4O8/c1-3-25-9(19)13-14(10(20)26-4-2)17-7-24-8-18(14)12(22)16(13)6-23-5-15(13)11(17)21/h3-8H2,1-2H3. The van der Waals surface area contributed by atoms with Gasteiger partial charge in [-0.25, -0.2) is 19.2 Å². The van der Waals surface area contributed by atoms with Crippen molar-refractivity contribution in [2.24, 2.45) is 0 Å². The highest BCUT2D eigenvalue weighted by Gasteiger charge is 2.88. The molecule has 0 aromatic rings. The Balaban J connectivity index is 2.02. The van der Waals surface area contributed by atoms with E-state index in [-0.39, 0.29) is 40.1 Å². The van der Waals surface area contributed by atoms with E-state index in [0.717, 1.165) is 19.6 Å². The monoisotopic (exact) mass is 370 g/mol. The summed E-state index contributed by atoms with van der Waals surface area (Å²) < 4.78 is 21.0. The summed E-state index contributed by atoms with van der Waals surface area (Å²) in [5, 5.41) is 0. The van der Waals surface area contributed by atoms with Crippen LogP contribution < -0.4 is 0 Å². The minimum Gasteiger partial charge on any atom is -0.463 e. The predicted molar refractivity (Wildman–Crippen MR) is 78.5 cm³/mol. The number of ether oxygens (including phenoxy) is 4. The van der Waals surface area contributed by atoms with Crippen molar-refractivity contribution < 1.29 is 38.1 Å². The molecule has 4 amide bonds. The lowest BCUT2D eigenvalue weighted by atomic mass is 9.91. The molecule has 0 aromatic heterocycles. The quantitative estimate of drug-likeness (QED) is 0.571. The van der Waals surface area contributed by atoms with Gasteiger partial charge in [-0.15, -0.1) is 0 Å². The zero-order chi connectivity index (χ0) is 18.7. The average Bonchev–Trinajstić information content (AvgIpc) is 3.03. The van der Waals surface area contributed by atoms with Gasteiger partial charge in [0.05, 0.1) is 13.2 Å². The third-order valence-electron chi connectivity index (χ3n) is 4.97. The van der Waals surface area contributed by atoms with Crippen molar-refractivity contribution in [3.63, 3.8) is 0 Å². The molecule has 4 rings (SSSR count). The molecule has 0 spiro atoms. The number of esters is 2. The zero-order valence-electron chi connectivity index (χ0n) is 14.3. The third-order valence-corrected chi connectivity index (χ3v) is 4.97. The molecule has 4 saturated heterocycles. The Labute approximate surface area is 148 Å². The van der Waals surface area contributed by atoms with Gasteiger partial charge in [-0.05, 0) is 13.8 Å². The fourth-order valence-corrected chi connectivity index (χ4v) is 4.12. The number of carbonyl (C=O) groups excluding carboxylic acids is 4. The first-order valence-corrected chi connectivity index (χ1v) is 8.17. The van der Waals surface area contributed by atoms with Crippen LogP contribution in [0.1, 0.15) is 13.8 Å². The molecule has 0 aromatic carbocycles. The summed E-state index contributed by atoms with van der Waals surface area (Å²) in [4.78, 5) is 56.3.